The highest BCUT2D eigenvalue weighted by molar-refractivity contribution is 5.69. The lowest BCUT2D eigenvalue weighted by Crippen LogP contribution is -2.09. The molecule has 0 rings (SSSR count). The second-order valence-corrected chi connectivity index (χ2v) is 3.96. The van der Waals surface area contributed by atoms with Crippen LogP contribution in [0.3, 0.4) is 0 Å². The fourth-order valence-corrected chi connectivity index (χ4v) is 1.07. The van der Waals surface area contributed by atoms with E-state index in [9.17, 15) is 4.79 Å². The molecule has 0 heterocycles. The second kappa shape index (κ2) is 9.00. The summed E-state index contributed by atoms with van der Waals surface area (Å²) in [6.45, 7) is 4.82. The van der Waals surface area contributed by atoms with Crippen molar-refractivity contribution >= 4 is 5.97 Å². The van der Waals surface area contributed by atoms with Crippen LogP contribution < -0.4 is 0 Å². The van der Waals surface area contributed by atoms with Gasteiger partial charge in [-0.05, 0) is 18.8 Å². The molecule has 0 unspecified atom stereocenters. The van der Waals surface area contributed by atoms with E-state index < -0.39 is 0 Å². The fourth-order valence-electron chi connectivity index (χ4n) is 1.07. The molecule has 3 nitrogen and oxygen atoms in total. The number of aliphatic hydroxyl groups is 1. The molecule has 1 N–H and O–H groups in total. The van der Waals surface area contributed by atoms with E-state index in [4.69, 9.17) is 9.84 Å². The molecular weight excluding hydrogens is 180 g/mol. The molecule has 0 spiro atoms. The Balaban J connectivity index is 3.18. The minimum Gasteiger partial charge on any atom is -0.465 e. The number of hydrogen-bond donors (Lipinski definition) is 1. The summed E-state index contributed by atoms with van der Waals surface area (Å²) in [7, 11) is 0. The van der Waals surface area contributed by atoms with Gasteiger partial charge in [-0.3, -0.25) is 4.79 Å². The first-order valence-electron chi connectivity index (χ1n) is 5.43. The molecule has 0 fully saturated rings. The zero-order valence-electron chi connectivity index (χ0n) is 9.29. The number of unbranched alkanes of at least 4 members (excludes halogenated alkanes) is 3. The molecule has 0 aromatic carbocycles. The Hall–Kier alpha value is -0.570. The van der Waals surface area contributed by atoms with Crippen LogP contribution in [0.1, 0.15) is 46.0 Å². The SMILES string of the molecule is CC(C)COC(=O)CCCCCCO. The average molecular weight is 202 g/mol. The maximum Gasteiger partial charge on any atom is 0.305 e. The Labute approximate surface area is 86.5 Å². The van der Waals surface area contributed by atoms with Gasteiger partial charge in [-0.25, -0.2) is 0 Å². The van der Waals surface area contributed by atoms with Crippen LogP contribution in [0.4, 0.5) is 0 Å². The number of carbonyl (C=O) groups excluding carboxylic acids is 1. The smallest absolute Gasteiger partial charge is 0.305 e. The summed E-state index contributed by atoms with van der Waals surface area (Å²) in [5, 5.41) is 8.53. The average Bonchev–Trinajstić information content (AvgIpc) is 2.14. The molecule has 84 valence electrons. The number of rotatable bonds is 8. The molecule has 0 aliphatic heterocycles. The van der Waals surface area contributed by atoms with E-state index >= 15 is 0 Å². The van der Waals surface area contributed by atoms with Gasteiger partial charge < -0.3 is 9.84 Å². The van der Waals surface area contributed by atoms with Gasteiger partial charge in [-0.15, -0.1) is 0 Å². The maximum absolute atomic E-state index is 11.1. The van der Waals surface area contributed by atoms with Gasteiger partial charge in [0.05, 0.1) is 6.61 Å². The third-order valence-electron chi connectivity index (χ3n) is 1.87. The van der Waals surface area contributed by atoms with Gasteiger partial charge in [0.25, 0.3) is 0 Å². The first-order chi connectivity index (χ1) is 6.66. The Kier molecular flexibility index (Phi) is 8.64. The van der Waals surface area contributed by atoms with Crippen molar-refractivity contribution in [1.82, 2.24) is 0 Å². The van der Waals surface area contributed by atoms with Gasteiger partial charge in [0.1, 0.15) is 0 Å². The van der Waals surface area contributed by atoms with E-state index in [1.807, 2.05) is 13.8 Å². The third kappa shape index (κ3) is 9.52. The number of esters is 1. The molecule has 0 radical (unpaired) electrons. The van der Waals surface area contributed by atoms with Crippen molar-refractivity contribution in [2.24, 2.45) is 5.92 Å². The van der Waals surface area contributed by atoms with Crippen LogP contribution in [0.15, 0.2) is 0 Å². The highest BCUT2D eigenvalue weighted by Crippen LogP contribution is 2.04. The maximum atomic E-state index is 11.1. The predicted molar refractivity (Wildman–Crippen MR) is 56.0 cm³/mol. The molecule has 0 aromatic rings. The highest BCUT2D eigenvalue weighted by Gasteiger charge is 2.03. The Morgan fingerprint density at radius 1 is 1.21 bits per heavy atom. The zero-order chi connectivity index (χ0) is 10.8. The number of aliphatic hydroxyl groups excluding tert-OH is 1. The second-order valence-electron chi connectivity index (χ2n) is 3.96. The van der Waals surface area contributed by atoms with Crippen LogP contribution in [0.2, 0.25) is 0 Å². The monoisotopic (exact) mass is 202 g/mol. The molecule has 0 aliphatic rings. The highest BCUT2D eigenvalue weighted by atomic mass is 16.5. The minimum absolute atomic E-state index is 0.0947. The Bertz CT molecular complexity index is 143. The van der Waals surface area contributed by atoms with Crippen LogP contribution in [0, 0.1) is 5.92 Å². The van der Waals surface area contributed by atoms with Crippen LogP contribution in [-0.2, 0) is 9.53 Å². The van der Waals surface area contributed by atoms with Crippen molar-refractivity contribution in [2.45, 2.75) is 46.0 Å². The van der Waals surface area contributed by atoms with Crippen LogP contribution >= 0.6 is 0 Å². The van der Waals surface area contributed by atoms with Crippen molar-refractivity contribution in [2.75, 3.05) is 13.2 Å². The normalized spacial score (nSPS) is 10.6. The van der Waals surface area contributed by atoms with Crippen molar-refractivity contribution in [3.63, 3.8) is 0 Å². The topological polar surface area (TPSA) is 46.5 Å². The van der Waals surface area contributed by atoms with Gasteiger partial charge >= 0.3 is 5.97 Å². The van der Waals surface area contributed by atoms with Gasteiger partial charge in [-0.1, -0.05) is 26.7 Å². The molecule has 0 aromatic heterocycles. The van der Waals surface area contributed by atoms with E-state index in [2.05, 4.69) is 0 Å². The van der Waals surface area contributed by atoms with Crippen molar-refractivity contribution < 1.29 is 14.6 Å². The van der Waals surface area contributed by atoms with Crippen LogP contribution in [0.25, 0.3) is 0 Å². The predicted octanol–water partition coefficient (Wildman–Crippen LogP) is 2.13. The summed E-state index contributed by atoms with van der Waals surface area (Å²) in [5.74, 6) is 0.316. The summed E-state index contributed by atoms with van der Waals surface area (Å²) in [5.41, 5.74) is 0. The lowest BCUT2D eigenvalue weighted by Gasteiger charge is -2.06. The molecule has 3 heteroatoms. The molecule has 0 atom stereocenters. The molecule has 0 aliphatic carbocycles. The molecular formula is C11H22O3. The molecule has 14 heavy (non-hydrogen) atoms. The zero-order valence-corrected chi connectivity index (χ0v) is 9.29. The Morgan fingerprint density at radius 2 is 1.86 bits per heavy atom. The van der Waals surface area contributed by atoms with Gasteiger partial charge in [-0.2, -0.15) is 0 Å². The third-order valence-corrected chi connectivity index (χ3v) is 1.87. The van der Waals surface area contributed by atoms with E-state index in [1.54, 1.807) is 0 Å². The van der Waals surface area contributed by atoms with E-state index in [1.165, 1.54) is 0 Å². The standard InChI is InChI=1S/C11H22O3/c1-10(2)9-14-11(13)7-5-3-4-6-8-12/h10,12H,3-9H2,1-2H3. The van der Waals surface area contributed by atoms with Gasteiger partial charge in [0.2, 0.25) is 0 Å². The molecule has 0 amide bonds. The number of carbonyl (C=O) groups is 1. The van der Waals surface area contributed by atoms with E-state index in [0.717, 1.165) is 25.7 Å². The first kappa shape index (κ1) is 13.4. The molecule has 0 saturated heterocycles. The van der Waals surface area contributed by atoms with Crippen LogP contribution in [-0.4, -0.2) is 24.3 Å². The summed E-state index contributed by atoms with van der Waals surface area (Å²) < 4.78 is 5.02. The lowest BCUT2D eigenvalue weighted by molar-refractivity contribution is -0.144. The van der Waals surface area contributed by atoms with E-state index in [0.29, 0.717) is 18.9 Å². The van der Waals surface area contributed by atoms with Crippen molar-refractivity contribution in [3.05, 3.63) is 0 Å². The van der Waals surface area contributed by atoms with Gasteiger partial charge in [0, 0.05) is 13.0 Å². The molecule has 0 bridgehead atoms. The van der Waals surface area contributed by atoms with Crippen molar-refractivity contribution in [1.29, 1.82) is 0 Å². The summed E-state index contributed by atoms with van der Waals surface area (Å²) in [6, 6.07) is 0. The summed E-state index contributed by atoms with van der Waals surface area (Å²) in [4.78, 5) is 11.1. The number of ether oxygens (including phenoxy) is 1. The molecule has 0 saturated carbocycles. The largest absolute Gasteiger partial charge is 0.465 e. The fraction of sp³-hybridized carbons (Fsp3) is 0.909. The van der Waals surface area contributed by atoms with Crippen molar-refractivity contribution in [3.8, 4) is 0 Å². The lowest BCUT2D eigenvalue weighted by atomic mass is 10.1. The summed E-state index contributed by atoms with van der Waals surface area (Å²) in [6.07, 6.45) is 4.21. The van der Waals surface area contributed by atoms with Crippen LogP contribution in [0.5, 0.6) is 0 Å². The minimum atomic E-state index is -0.0947. The number of hydrogen-bond acceptors (Lipinski definition) is 3. The summed E-state index contributed by atoms with van der Waals surface area (Å²) >= 11 is 0. The van der Waals surface area contributed by atoms with Gasteiger partial charge in [0.15, 0.2) is 0 Å². The Morgan fingerprint density at radius 3 is 2.43 bits per heavy atom. The first-order valence-corrected chi connectivity index (χ1v) is 5.43. The van der Waals surface area contributed by atoms with E-state index in [-0.39, 0.29) is 12.6 Å². The quantitative estimate of drug-likeness (QED) is 0.484.